The van der Waals surface area contributed by atoms with Gasteiger partial charge in [-0.1, -0.05) is 20.8 Å². The maximum atomic E-state index is 7.48. The Bertz CT molecular complexity index is 338. The Morgan fingerprint density at radius 1 is 1.60 bits per heavy atom. The lowest BCUT2D eigenvalue weighted by Gasteiger charge is -2.23. The minimum Gasteiger partial charge on any atom is -0.387 e. The Morgan fingerprint density at radius 2 is 2.27 bits per heavy atom. The Labute approximate surface area is 91.0 Å². The lowest BCUT2D eigenvalue weighted by Crippen LogP contribution is -2.31. The standard InChI is InChI=1S/C11H20N4/c1-4-9-14-6-8-15(9)7-5-11(2,3)10(12)13/h6,8H,4-5,7H2,1-3H3,(H3,12,13). The summed E-state index contributed by atoms with van der Waals surface area (Å²) in [6, 6.07) is 0. The van der Waals surface area contributed by atoms with Crippen LogP contribution >= 0.6 is 0 Å². The summed E-state index contributed by atoms with van der Waals surface area (Å²) in [7, 11) is 0. The summed E-state index contributed by atoms with van der Waals surface area (Å²) in [5.74, 6) is 1.34. The van der Waals surface area contributed by atoms with Gasteiger partial charge >= 0.3 is 0 Å². The molecule has 0 bridgehead atoms. The molecule has 0 amide bonds. The second-order valence-electron chi connectivity index (χ2n) is 4.44. The van der Waals surface area contributed by atoms with Gasteiger partial charge in [0.2, 0.25) is 0 Å². The number of hydrogen-bond donors (Lipinski definition) is 2. The van der Waals surface area contributed by atoms with Gasteiger partial charge in [0.1, 0.15) is 5.82 Å². The summed E-state index contributed by atoms with van der Waals surface area (Å²) >= 11 is 0. The van der Waals surface area contributed by atoms with E-state index in [1.807, 2.05) is 26.2 Å². The highest BCUT2D eigenvalue weighted by Gasteiger charge is 2.21. The lowest BCUT2D eigenvalue weighted by molar-refractivity contribution is 0.422. The number of nitrogens with zero attached hydrogens (tertiary/aromatic N) is 2. The number of aryl methyl sites for hydroxylation is 2. The van der Waals surface area contributed by atoms with Gasteiger partial charge in [0, 0.05) is 30.8 Å². The van der Waals surface area contributed by atoms with Crippen molar-refractivity contribution in [2.24, 2.45) is 11.1 Å². The molecule has 1 aromatic heterocycles. The number of aromatic nitrogens is 2. The maximum absolute atomic E-state index is 7.48. The SMILES string of the molecule is CCc1nccn1CCC(C)(C)C(=N)N. The van der Waals surface area contributed by atoms with E-state index in [9.17, 15) is 0 Å². The third kappa shape index (κ3) is 2.81. The lowest BCUT2D eigenvalue weighted by atomic mass is 9.88. The molecule has 1 rings (SSSR count). The van der Waals surface area contributed by atoms with Crippen molar-refractivity contribution in [1.29, 1.82) is 5.41 Å². The Kier molecular flexibility index (Phi) is 3.50. The van der Waals surface area contributed by atoms with Crippen molar-refractivity contribution in [3.63, 3.8) is 0 Å². The fourth-order valence-electron chi connectivity index (χ4n) is 1.39. The predicted octanol–water partition coefficient (Wildman–Crippen LogP) is 1.80. The molecule has 0 aromatic carbocycles. The summed E-state index contributed by atoms with van der Waals surface area (Å²) in [6.07, 6.45) is 5.61. The molecule has 0 unspecified atom stereocenters. The fourth-order valence-corrected chi connectivity index (χ4v) is 1.39. The zero-order valence-electron chi connectivity index (χ0n) is 9.75. The molecular weight excluding hydrogens is 188 g/mol. The average molecular weight is 208 g/mol. The molecule has 0 aliphatic heterocycles. The van der Waals surface area contributed by atoms with Crippen molar-refractivity contribution >= 4 is 5.84 Å². The number of imidazole rings is 1. The van der Waals surface area contributed by atoms with Crippen molar-refractivity contribution < 1.29 is 0 Å². The Hall–Kier alpha value is -1.32. The molecule has 0 spiro atoms. The van der Waals surface area contributed by atoms with Crippen LogP contribution in [0.4, 0.5) is 0 Å². The molecule has 3 N–H and O–H groups in total. The average Bonchev–Trinajstić information content (AvgIpc) is 2.61. The van der Waals surface area contributed by atoms with Crippen LogP contribution in [0.2, 0.25) is 0 Å². The molecular formula is C11H20N4. The molecule has 0 aliphatic rings. The van der Waals surface area contributed by atoms with Gasteiger partial charge in [-0.05, 0) is 6.42 Å². The molecule has 0 fully saturated rings. The number of amidine groups is 1. The van der Waals surface area contributed by atoms with E-state index >= 15 is 0 Å². The van der Waals surface area contributed by atoms with Gasteiger partial charge in [-0.2, -0.15) is 0 Å². The van der Waals surface area contributed by atoms with E-state index < -0.39 is 0 Å². The zero-order valence-corrected chi connectivity index (χ0v) is 9.75. The van der Waals surface area contributed by atoms with E-state index in [2.05, 4.69) is 16.5 Å². The first kappa shape index (κ1) is 11.8. The molecule has 0 saturated heterocycles. The third-order valence-electron chi connectivity index (χ3n) is 2.82. The van der Waals surface area contributed by atoms with Gasteiger partial charge in [-0.15, -0.1) is 0 Å². The van der Waals surface area contributed by atoms with Gasteiger partial charge in [0.25, 0.3) is 0 Å². The maximum Gasteiger partial charge on any atom is 0.108 e. The van der Waals surface area contributed by atoms with Crippen molar-refractivity contribution in [2.75, 3.05) is 0 Å². The second kappa shape index (κ2) is 4.47. The van der Waals surface area contributed by atoms with Gasteiger partial charge < -0.3 is 10.3 Å². The van der Waals surface area contributed by atoms with Crippen molar-refractivity contribution in [1.82, 2.24) is 9.55 Å². The minimum atomic E-state index is -0.227. The number of nitrogens with one attached hydrogen (secondary N) is 1. The largest absolute Gasteiger partial charge is 0.387 e. The molecule has 1 heterocycles. The first-order chi connectivity index (χ1) is 6.97. The van der Waals surface area contributed by atoms with Crippen LogP contribution < -0.4 is 5.73 Å². The summed E-state index contributed by atoms with van der Waals surface area (Å²) < 4.78 is 2.13. The molecule has 4 heteroatoms. The normalized spacial score (nSPS) is 11.7. The van der Waals surface area contributed by atoms with E-state index in [0.29, 0.717) is 0 Å². The van der Waals surface area contributed by atoms with Crippen LogP contribution in [0.25, 0.3) is 0 Å². The van der Waals surface area contributed by atoms with Gasteiger partial charge in [0.05, 0.1) is 5.84 Å². The van der Waals surface area contributed by atoms with Gasteiger partial charge in [-0.3, -0.25) is 5.41 Å². The van der Waals surface area contributed by atoms with Crippen LogP contribution in [-0.2, 0) is 13.0 Å². The van der Waals surface area contributed by atoms with E-state index in [1.165, 1.54) is 0 Å². The molecule has 15 heavy (non-hydrogen) atoms. The number of nitrogens with two attached hydrogens (primary N) is 1. The summed E-state index contributed by atoms with van der Waals surface area (Å²) in [5, 5.41) is 7.48. The van der Waals surface area contributed by atoms with E-state index in [4.69, 9.17) is 11.1 Å². The summed E-state index contributed by atoms with van der Waals surface area (Å²) in [6.45, 7) is 6.96. The van der Waals surface area contributed by atoms with Crippen molar-refractivity contribution in [3.8, 4) is 0 Å². The third-order valence-corrected chi connectivity index (χ3v) is 2.82. The smallest absolute Gasteiger partial charge is 0.108 e. The van der Waals surface area contributed by atoms with E-state index in [1.54, 1.807) is 0 Å². The second-order valence-corrected chi connectivity index (χ2v) is 4.44. The van der Waals surface area contributed by atoms with Crippen LogP contribution in [-0.4, -0.2) is 15.4 Å². The van der Waals surface area contributed by atoms with E-state index in [-0.39, 0.29) is 11.3 Å². The van der Waals surface area contributed by atoms with Crippen LogP contribution in [0, 0.1) is 10.8 Å². The topological polar surface area (TPSA) is 67.7 Å². The highest BCUT2D eigenvalue weighted by molar-refractivity contribution is 5.82. The van der Waals surface area contributed by atoms with Crippen molar-refractivity contribution in [2.45, 2.75) is 40.2 Å². The zero-order chi connectivity index (χ0) is 11.5. The molecule has 0 aliphatic carbocycles. The van der Waals surface area contributed by atoms with Crippen molar-refractivity contribution in [3.05, 3.63) is 18.2 Å². The first-order valence-corrected chi connectivity index (χ1v) is 5.32. The molecule has 4 nitrogen and oxygen atoms in total. The first-order valence-electron chi connectivity index (χ1n) is 5.32. The highest BCUT2D eigenvalue weighted by atomic mass is 15.1. The predicted molar refractivity (Wildman–Crippen MR) is 61.9 cm³/mol. The molecule has 0 radical (unpaired) electrons. The van der Waals surface area contributed by atoms with Crippen LogP contribution in [0.3, 0.4) is 0 Å². The number of rotatable bonds is 5. The van der Waals surface area contributed by atoms with Gasteiger partial charge in [0.15, 0.2) is 0 Å². The van der Waals surface area contributed by atoms with Crippen LogP contribution in [0.15, 0.2) is 12.4 Å². The minimum absolute atomic E-state index is 0.227. The molecule has 84 valence electrons. The summed E-state index contributed by atoms with van der Waals surface area (Å²) in [4.78, 5) is 4.26. The molecule has 1 aromatic rings. The van der Waals surface area contributed by atoms with E-state index in [0.717, 1.165) is 25.2 Å². The quantitative estimate of drug-likeness (QED) is 0.572. The van der Waals surface area contributed by atoms with Gasteiger partial charge in [-0.25, -0.2) is 4.98 Å². The summed E-state index contributed by atoms with van der Waals surface area (Å²) in [5.41, 5.74) is 5.31. The molecule has 0 atom stereocenters. The Morgan fingerprint density at radius 3 is 2.80 bits per heavy atom. The van der Waals surface area contributed by atoms with Crippen LogP contribution in [0.5, 0.6) is 0 Å². The van der Waals surface area contributed by atoms with Crippen LogP contribution in [0.1, 0.15) is 33.0 Å². The Balaban J connectivity index is 2.61. The highest BCUT2D eigenvalue weighted by Crippen LogP contribution is 2.20. The fraction of sp³-hybridized carbons (Fsp3) is 0.636. The number of hydrogen-bond acceptors (Lipinski definition) is 2. The molecule has 0 saturated carbocycles. The monoisotopic (exact) mass is 208 g/mol.